The lowest BCUT2D eigenvalue weighted by molar-refractivity contribution is -0.149. The van der Waals surface area contributed by atoms with Crippen LogP contribution in [0.5, 0.6) is 5.75 Å². The van der Waals surface area contributed by atoms with Gasteiger partial charge in [0.25, 0.3) is 11.8 Å². The number of rotatable bonds is 7. The number of nitrogens with two attached hydrogens (primary N) is 1. The van der Waals surface area contributed by atoms with Crippen molar-refractivity contribution in [3.63, 3.8) is 0 Å². The number of nitrogens with one attached hydrogen (secondary N) is 1. The van der Waals surface area contributed by atoms with Gasteiger partial charge >= 0.3 is 5.97 Å². The van der Waals surface area contributed by atoms with Gasteiger partial charge in [0.15, 0.2) is 13.2 Å². The fraction of sp³-hybridized carbons (Fsp3) is 0.118. The van der Waals surface area contributed by atoms with Crippen LogP contribution in [0.15, 0.2) is 53.0 Å². The molecular formula is C17H15BrN2O5. The summed E-state index contributed by atoms with van der Waals surface area (Å²) in [4.78, 5) is 34.6. The molecular weight excluding hydrogens is 392 g/mol. The van der Waals surface area contributed by atoms with Crippen LogP contribution < -0.4 is 15.8 Å². The first kappa shape index (κ1) is 18.5. The van der Waals surface area contributed by atoms with Crippen molar-refractivity contribution < 1.29 is 23.9 Å². The van der Waals surface area contributed by atoms with Gasteiger partial charge in [-0.1, -0.05) is 28.1 Å². The fourth-order valence-electron chi connectivity index (χ4n) is 1.85. The number of hydrogen-bond acceptors (Lipinski definition) is 5. The third kappa shape index (κ3) is 5.92. The Hall–Kier alpha value is -2.87. The highest BCUT2D eigenvalue weighted by Crippen LogP contribution is 2.17. The van der Waals surface area contributed by atoms with Crippen LogP contribution in [0.1, 0.15) is 10.4 Å². The SMILES string of the molecule is NC(=O)c1ccccc1OCC(=O)OCC(=O)Nc1ccc(Br)cc1. The van der Waals surface area contributed by atoms with Crippen molar-refractivity contribution in [2.45, 2.75) is 0 Å². The molecule has 0 aromatic heterocycles. The number of carbonyl (C=O) groups excluding carboxylic acids is 3. The molecule has 3 N–H and O–H groups in total. The maximum atomic E-state index is 11.7. The molecule has 25 heavy (non-hydrogen) atoms. The number of anilines is 1. The summed E-state index contributed by atoms with van der Waals surface area (Å²) in [5.74, 6) is -1.72. The molecule has 0 atom stereocenters. The van der Waals surface area contributed by atoms with Gasteiger partial charge in [0.1, 0.15) is 5.75 Å². The van der Waals surface area contributed by atoms with E-state index in [1.165, 1.54) is 12.1 Å². The van der Waals surface area contributed by atoms with Gasteiger partial charge in [0.05, 0.1) is 5.56 Å². The molecule has 0 unspecified atom stereocenters. The number of benzene rings is 2. The van der Waals surface area contributed by atoms with Crippen molar-refractivity contribution in [1.82, 2.24) is 0 Å². The molecule has 0 aliphatic carbocycles. The van der Waals surface area contributed by atoms with E-state index in [1.54, 1.807) is 36.4 Å². The molecule has 0 radical (unpaired) electrons. The Bertz CT molecular complexity index is 777. The fourth-order valence-corrected chi connectivity index (χ4v) is 2.12. The minimum Gasteiger partial charge on any atom is -0.481 e. The first-order valence-corrected chi connectivity index (χ1v) is 7.97. The van der Waals surface area contributed by atoms with E-state index in [9.17, 15) is 14.4 Å². The van der Waals surface area contributed by atoms with E-state index in [1.807, 2.05) is 0 Å². The average Bonchev–Trinajstić information content (AvgIpc) is 2.60. The molecule has 0 spiro atoms. The minimum atomic E-state index is -0.745. The van der Waals surface area contributed by atoms with Gasteiger partial charge in [0.2, 0.25) is 0 Å². The zero-order valence-electron chi connectivity index (χ0n) is 13.0. The molecule has 2 aromatic carbocycles. The number of amides is 2. The van der Waals surface area contributed by atoms with Gasteiger partial charge in [-0.2, -0.15) is 0 Å². The van der Waals surface area contributed by atoms with Crippen LogP contribution >= 0.6 is 15.9 Å². The molecule has 0 saturated carbocycles. The Morgan fingerprint density at radius 1 is 1.00 bits per heavy atom. The van der Waals surface area contributed by atoms with Gasteiger partial charge in [-0.15, -0.1) is 0 Å². The first-order valence-electron chi connectivity index (χ1n) is 7.18. The predicted molar refractivity (Wildman–Crippen MR) is 94.2 cm³/mol. The summed E-state index contributed by atoms with van der Waals surface area (Å²) in [5, 5.41) is 2.58. The summed E-state index contributed by atoms with van der Waals surface area (Å²) < 4.78 is 10.9. The lowest BCUT2D eigenvalue weighted by Gasteiger charge is -2.09. The minimum absolute atomic E-state index is 0.156. The molecule has 0 aliphatic heterocycles. The van der Waals surface area contributed by atoms with E-state index in [0.717, 1.165) is 4.47 Å². The maximum Gasteiger partial charge on any atom is 0.344 e. The largest absolute Gasteiger partial charge is 0.481 e. The lowest BCUT2D eigenvalue weighted by Crippen LogP contribution is -2.24. The molecule has 7 nitrogen and oxygen atoms in total. The first-order chi connectivity index (χ1) is 12.0. The summed E-state index contributed by atoms with van der Waals surface area (Å²) in [7, 11) is 0. The van der Waals surface area contributed by atoms with E-state index in [-0.39, 0.29) is 11.3 Å². The average molecular weight is 407 g/mol. The topological polar surface area (TPSA) is 108 Å². The Kier molecular flexibility index (Phi) is 6.53. The summed E-state index contributed by atoms with van der Waals surface area (Å²) in [6.07, 6.45) is 0. The number of halogens is 1. The summed E-state index contributed by atoms with van der Waals surface area (Å²) >= 11 is 3.29. The van der Waals surface area contributed by atoms with Gasteiger partial charge in [-0.05, 0) is 36.4 Å². The van der Waals surface area contributed by atoms with E-state index in [0.29, 0.717) is 5.69 Å². The van der Waals surface area contributed by atoms with Crippen LogP contribution in [0.25, 0.3) is 0 Å². The Labute approximate surface area is 152 Å². The molecule has 8 heteroatoms. The van der Waals surface area contributed by atoms with E-state index >= 15 is 0 Å². The van der Waals surface area contributed by atoms with Crippen LogP contribution in [0.2, 0.25) is 0 Å². The Morgan fingerprint density at radius 2 is 1.68 bits per heavy atom. The summed E-state index contributed by atoms with van der Waals surface area (Å²) in [6, 6.07) is 13.2. The van der Waals surface area contributed by atoms with E-state index < -0.39 is 31.0 Å². The standard InChI is InChI=1S/C17H15BrN2O5/c18-11-5-7-12(8-6-11)20-15(21)9-25-16(22)10-24-14-4-2-1-3-13(14)17(19)23/h1-8H,9-10H2,(H2,19,23)(H,20,21). The van der Waals surface area contributed by atoms with Crippen molar-refractivity contribution in [3.8, 4) is 5.75 Å². The molecule has 0 saturated heterocycles. The van der Waals surface area contributed by atoms with Gasteiger partial charge < -0.3 is 20.5 Å². The smallest absolute Gasteiger partial charge is 0.344 e. The highest BCUT2D eigenvalue weighted by atomic mass is 79.9. The second-order valence-electron chi connectivity index (χ2n) is 4.86. The van der Waals surface area contributed by atoms with Crippen molar-refractivity contribution in [2.24, 2.45) is 5.73 Å². The molecule has 0 aliphatic rings. The number of hydrogen-bond donors (Lipinski definition) is 2. The van der Waals surface area contributed by atoms with Crippen molar-refractivity contribution in [2.75, 3.05) is 18.5 Å². The quantitative estimate of drug-likeness (QED) is 0.684. The third-order valence-electron chi connectivity index (χ3n) is 2.99. The normalized spacial score (nSPS) is 9.96. The molecule has 2 amide bonds. The van der Waals surface area contributed by atoms with Gasteiger partial charge in [0, 0.05) is 10.2 Å². The van der Waals surface area contributed by atoms with Crippen molar-refractivity contribution in [1.29, 1.82) is 0 Å². The maximum absolute atomic E-state index is 11.7. The monoisotopic (exact) mass is 406 g/mol. The van der Waals surface area contributed by atoms with Gasteiger partial charge in [-0.3, -0.25) is 9.59 Å². The molecule has 0 heterocycles. The zero-order valence-corrected chi connectivity index (χ0v) is 14.6. The van der Waals surface area contributed by atoms with Crippen LogP contribution in [0.4, 0.5) is 5.69 Å². The van der Waals surface area contributed by atoms with E-state index in [2.05, 4.69) is 21.2 Å². The van der Waals surface area contributed by atoms with Crippen LogP contribution in [0, 0.1) is 0 Å². The Balaban J connectivity index is 1.78. The second kappa shape index (κ2) is 8.84. The molecule has 2 rings (SSSR count). The van der Waals surface area contributed by atoms with Crippen LogP contribution in [-0.2, 0) is 14.3 Å². The van der Waals surface area contributed by atoms with Crippen LogP contribution in [0.3, 0.4) is 0 Å². The molecule has 130 valence electrons. The molecule has 0 bridgehead atoms. The number of ether oxygens (including phenoxy) is 2. The lowest BCUT2D eigenvalue weighted by atomic mass is 10.2. The van der Waals surface area contributed by atoms with Crippen molar-refractivity contribution >= 4 is 39.4 Å². The van der Waals surface area contributed by atoms with E-state index in [4.69, 9.17) is 15.2 Å². The van der Waals surface area contributed by atoms with Crippen molar-refractivity contribution in [3.05, 3.63) is 58.6 Å². The zero-order chi connectivity index (χ0) is 18.2. The second-order valence-corrected chi connectivity index (χ2v) is 5.78. The summed E-state index contributed by atoms with van der Waals surface area (Å²) in [6.45, 7) is -0.897. The number of esters is 1. The number of primary amides is 1. The Morgan fingerprint density at radius 3 is 2.36 bits per heavy atom. The molecule has 0 fully saturated rings. The number of para-hydroxylation sites is 1. The molecule has 2 aromatic rings. The van der Waals surface area contributed by atoms with Gasteiger partial charge in [-0.25, -0.2) is 4.79 Å². The highest BCUT2D eigenvalue weighted by molar-refractivity contribution is 9.10. The third-order valence-corrected chi connectivity index (χ3v) is 3.52. The van der Waals surface area contributed by atoms with Crippen LogP contribution in [-0.4, -0.2) is 31.0 Å². The highest BCUT2D eigenvalue weighted by Gasteiger charge is 2.12. The number of carbonyl (C=O) groups is 3. The predicted octanol–water partition coefficient (Wildman–Crippen LogP) is 2.11. The summed E-state index contributed by atoms with van der Waals surface area (Å²) in [5.41, 5.74) is 5.95.